The lowest BCUT2D eigenvalue weighted by Crippen LogP contribution is -2.33. The SMILES string of the molecule is COc1ccc2c(N(C)C(C)CC(N)=S)nccc2c1. The van der Waals surface area contributed by atoms with Crippen LogP contribution in [0.3, 0.4) is 0 Å². The van der Waals surface area contributed by atoms with Crippen molar-refractivity contribution in [3.63, 3.8) is 0 Å². The fourth-order valence-corrected chi connectivity index (χ4v) is 2.43. The minimum atomic E-state index is 0.202. The van der Waals surface area contributed by atoms with Crippen LogP contribution in [0.4, 0.5) is 5.82 Å². The van der Waals surface area contributed by atoms with Crippen LogP contribution < -0.4 is 15.4 Å². The molecule has 0 spiro atoms. The molecule has 0 saturated carbocycles. The average molecular weight is 289 g/mol. The third kappa shape index (κ3) is 2.99. The Hall–Kier alpha value is -1.88. The van der Waals surface area contributed by atoms with Crippen LogP contribution in [0.1, 0.15) is 13.3 Å². The number of aromatic nitrogens is 1. The minimum absolute atomic E-state index is 0.202. The van der Waals surface area contributed by atoms with Crippen molar-refractivity contribution in [1.82, 2.24) is 4.98 Å². The van der Waals surface area contributed by atoms with Gasteiger partial charge in [-0.2, -0.15) is 0 Å². The van der Waals surface area contributed by atoms with Crippen molar-refractivity contribution in [3.8, 4) is 5.75 Å². The van der Waals surface area contributed by atoms with Gasteiger partial charge in [-0.1, -0.05) is 12.2 Å². The number of thiocarbonyl (C=S) groups is 1. The van der Waals surface area contributed by atoms with Crippen molar-refractivity contribution in [1.29, 1.82) is 0 Å². The number of rotatable bonds is 5. The first-order valence-electron chi connectivity index (χ1n) is 6.47. The van der Waals surface area contributed by atoms with Crippen LogP contribution in [0.15, 0.2) is 30.5 Å². The predicted octanol–water partition coefficient (Wildman–Crippen LogP) is 2.74. The van der Waals surface area contributed by atoms with E-state index in [1.807, 2.05) is 31.3 Å². The largest absolute Gasteiger partial charge is 0.497 e. The molecule has 2 N–H and O–H groups in total. The molecule has 1 heterocycles. The summed E-state index contributed by atoms with van der Waals surface area (Å²) in [5, 5.41) is 2.19. The molecule has 2 rings (SSSR count). The summed E-state index contributed by atoms with van der Waals surface area (Å²) in [5.74, 6) is 1.77. The molecule has 0 bridgehead atoms. The lowest BCUT2D eigenvalue weighted by molar-refractivity contribution is 0.415. The van der Waals surface area contributed by atoms with E-state index in [0.717, 1.165) is 22.3 Å². The highest BCUT2D eigenvalue weighted by Gasteiger charge is 2.15. The molecule has 0 amide bonds. The van der Waals surface area contributed by atoms with E-state index >= 15 is 0 Å². The fourth-order valence-electron chi connectivity index (χ4n) is 2.18. The molecule has 0 fully saturated rings. The van der Waals surface area contributed by atoms with Crippen molar-refractivity contribution >= 4 is 33.8 Å². The third-order valence-corrected chi connectivity index (χ3v) is 3.61. The zero-order valence-electron chi connectivity index (χ0n) is 12.0. The third-order valence-electron chi connectivity index (χ3n) is 3.44. The van der Waals surface area contributed by atoms with Crippen LogP contribution in [0.2, 0.25) is 0 Å². The summed E-state index contributed by atoms with van der Waals surface area (Å²) < 4.78 is 5.26. The van der Waals surface area contributed by atoms with Gasteiger partial charge in [0.25, 0.3) is 0 Å². The maximum absolute atomic E-state index is 5.63. The van der Waals surface area contributed by atoms with Crippen molar-refractivity contribution in [2.75, 3.05) is 19.1 Å². The van der Waals surface area contributed by atoms with Gasteiger partial charge in [-0.25, -0.2) is 4.98 Å². The number of hydrogen-bond acceptors (Lipinski definition) is 4. The van der Waals surface area contributed by atoms with E-state index in [1.165, 1.54) is 0 Å². The van der Waals surface area contributed by atoms with Crippen LogP contribution in [-0.4, -0.2) is 30.2 Å². The molecule has 0 saturated heterocycles. The van der Waals surface area contributed by atoms with E-state index in [0.29, 0.717) is 11.4 Å². The number of nitrogens with two attached hydrogens (primary N) is 1. The summed E-state index contributed by atoms with van der Waals surface area (Å²) in [4.78, 5) is 7.12. The molecule has 20 heavy (non-hydrogen) atoms. The summed E-state index contributed by atoms with van der Waals surface area (Å²) in [6.45, 7) is 2.09. The number of fused-ring (bicyclic) bond motifs is 1. The Morgan fingerprint density at radius 1 is 1.45 bits per heavy atom. The van der Waals surface area contributed by atoms with E-state index in [4.69, 9.17) is 22.7 Å². The Labute approximate surface area is 124 Å². The zero-order chi connectivity index (χ0) is 14.7. The van der Waals surface area contributed by atoms with Gasteiger partial charge in [0.05, 0.1) is 12.1 Å². The first-order chi connectivity index (χ1) is 9.52. The summed E-state index contributed by atoms with van der Waals surface area (Å²) in [6, 6.07) is 8.16. The van der Waals surface area contributed by atoms with Crippen LogP contribution in [-0.2, 0) is 0 Å². The minimum Gasteiger partial charge on any atom is -0.497 e. The molecule has 0 aliphatic rings. The van der Waals surface area contributed by atoms with Gasteiger partial charge >= 0.3 is 0 Å². The molecule has 106 valence electrons. The summed E-state index contributed by atoms with van der Waals surface area (Å²) in [7, 11) is 3.68. The van der Waals surface area contributed by atoms with E-state index in [9.17, 15) is 0 Å². The van der Waals surface area contributed by atoms with Crippen molar-refractivity contribution in [2.24, 2.45) is 5.73 Å². The fraction of sp³-hybridized carbons (Fsp3) is 0.333. The standard InChI is InChI=1S/C15H19N3OS/c1-10(8-14(16)20)18(2)15-13-5-4-12(19-3)9-11(13)6-7-17-15/h4-7,9-10H,8H2,1-3H3,(H2,16,20). The van der Waals surface area contributed by atoms with Crippen LogP contribution in [0.25, 0.3) is 10.8 Å². The van der Waals surface area contributed by atoms with Gasteiger partial charge in [0.1, 0.15) is 11.6 Å². The van der Waals surface area contributed by atoms with Gasteiger partial charge in [-0.15, -0.1) is 0 Å². The highest BCUT2D eigenvalue weighted by Crippen LogP contribution is 2.28. The van der Waals surface area contributed by atoms with Crippen molar-refractivity contribution in [3.05, 3.63) is 30.5 Å². The van der Waals surface area contributed by atoms with Gasteiger partial charge in [-0.05, 0) is 36.6 Å². The number of anilines is 1. The molecule has 2 aromatic rings. The maximum atomic E-state index is 5.63. The van der Waals surface area contributed by atoms with Crippen LogP contribution in [0.5, 0.6) is 5.75 Å². The second-order valence-electron chi connectivity index (χ2n) is 4.85. The average Bonchev–Trinajstić information content (AvgIpc) is 2.44. The number of methoxy groups -OCH3 is 1. The zero-order valence-corrected chi connectivity index (χ0v) is 12.8. The Kier molecular flexibility index (Phi) is 4.39. The molecule has 1 aromatic heterocycles. The number of pyridine rings is 1. The molecule has 1 aromatic carbocycles. The molecule has 0 aliphatic carbocycles. The van der Waals surface area contributed by atoms with Gasteiger partial charge in [-0.3, -0.25) is 0 Å². The first kappa shape index (κ1) is 14.5. The van der Waals surface area contributed by atoms with Gasteiger partial charge in [0.2, 0.25) is 0 Å². The smallest absolute Gasteiger partial charge is 0.136 e. The molecular weight excluding hydrogens is 270 g/mol. The topological polar surface area (TPSA) is 51.4 Å². The number of benzene rings is 1. The summed E-state index contributed by atoms with van der Waals surface area (Å²) in [5.41, 5.74) is 5.63. The van der Waals surface area contributed by atoms with Gasteiger partial charge in [0.15, 0.2) is 0 Å². The van der Waals surface area contributed by atoms with Crippen LogP contribution in [0, 0.1) is 0 Å². The number of nitrogens with zero attached hydrogens (tertiary/aromatic N) is 2. The van der Waals surface area contributed by atoms with Crippen molar-refractivity contribution in [2.45, 2.75) is 19.4 Å². The van der Waals surface area contributed by atoms with E-state index in [1.54, 1.807) is 13.3 Å². The molecule has 0 radical (unpaired) electrons. The Balaban J connectivity index is 2.41. The van der Waals surface area contributed by atoms with Gasteiger partial charge in [0, 0.05) is 31.1 Å². The molecule has 1 atom stereocenters. The molecular formula is C15H19N3OS. The van der Waals surface area contributed by atoms with Crippen molar-refractivity contribution < 1.29 is 4.74 Å². The lowest BCUT2D eigenvalue weighted by Gasteiger charge is -2.26. The quantitative estimate of drug-likeness (QED) is 0.858. The Bertz CT molecular complexity index is 630. The molecule has 0 aliphatic heterocycles. The van der Waals surface area contributed by atoms with E-state index < -0.39 is 0 Å². The first-order valence-corrected chi connectivity index (χ1v) is 6.87. The highest BCUT2D eigenvalue weighted by atomic mass is 32.1. The highest BCUT2D eigenvalue weighted by molar-refractivity contribution is 7.80. The molecule has 1 unspecified atom stereocenters. The lowest BCUT2D eigenvalue weighted by atomic mass is 10.1. The Morgan fingerprint density at radius 2 is 2.20 bits per heavy atom. The summed E-state index contributed by atoms with van der Waals surface area (Å²) >= 11 is 4.98. The van der Waals surface area contributed by atoms with Gasteiger partial charge < -0.3 is 15.4 Å². The van der Waals surface area contributed by atoms with E-state index in [-0.39, 0.29) is 6.04 Å². The van der Waals surface area contributed by atoms with Crippen LogP contribution >= 0.6 is 12.2 Å². The van der Waals surface area contributed by atoms with E-state index in [2.05, 4.69) is 16.8 Å². The predicted molar refractivity (Wildman–Crippen MR) is 87.6 cm³/mol. The normalized spacial score (nSPS) is 12.2. The molecule has 5 heteroatoms. The Morgan fingerprint density at radius 3 is 2.85 bits per heavy atom. The second kappa shape index (κ2) is 6.05. The molecule has 4 nitrogen and oxygen atoms in total. The number of ether oxygens (including phenoxy) is 1. The summed E-state index contributed by atoms with van der Waals surface area (Å²) in [6.07, 6.45) is 2.47. The monoisotopic (exact) mass is 289 g/mol. The maximum Gasteiger partial charge on any atom is 0.136 e. The number of hydrogen-bond donors (Lipinski definition) is 1. The second-order valence-corrected chi connectivity index (χ2v) is 5.38.